The minimum Gasteiger partial charge on any atom is -0.361 e. The van der Waals surface area contributed by atoms with E-state index in [1.165, 1.54) is 0 Å². The fourth-order valence-corrected chi connectivity index (χ4v) is 3.95. The Bertz CT molecular complexity index is 649. The second-order valence-corrected chi connectivity index (χ2v) is 6.08. The number of nitrogens with two attached hydrogens (primary N) is 1. The molecule has 2 aromatic rings. The number of fused-ring (bicyclic) bond motifs is 3. The van der Waals surface area contributed by atoms with E-state index in [1.807, 2.05) is 30.5 Å². The molecule has 0 spiro atoms. The molecular formula is C16H19N3O. The quantitative estimate of drug-likeness (QED) is 0.834. The first-order valence-corrected chi connectivity index (χ1v) is 7.38. The summed E-state index contributed by atoms with van der Waals surface area (Å²) in [5.41, 5.74) is 7.83. The number of carbonyl (C=O) groups excluding carboxylic acids is 1. The van der Waals surface area contributed by atoms with Gasteiger partial charge in [0.15, 0.2) is 0 Å². The van der Waals surface area contributed by atoms with Crippen LogP contribution in [0.2, 0.25) is 0 Å². The monoisotopic (exact) mass is 269 g/mol. The van der Waals surface area contributed by atoms with Gasteiger partial charge < -0.3 is 15.6 Å². The zero-order chi connectivity index (χ0) is 13.7. The predicted octanol–water partition coefficient (Wildman–Crippen LogP) is 2.26. The van der Waals surface area contributed by atoms with Gasteiger partial charge in [0, 0.05) is 29.7 Å². The van der Waals surface area contributed by atoms with Crippen LogP contribution in [-0.2, 0) is 0 Å². The number of aromatic amines is 1. The van der Waals surface area contributed by atoms with Crippen molar-refractivity contribution < 1.29 is 4.79 Å². The van der Waals surface area contributed by atoms with Crippen molar-refractivity contribution in [3.8, 4) is 0 Å². The van der Waals surface area contributed by atoms with Gasteiger partial charge in [-0.3, -0.25) is 4.79 Å². The third kappa shape index (κ3) is 1.68. The topological polar surface area (TPSA) is 62.1 Å². The fourth-order valence-electron chi connectivity index (χ4n) is 3.95. The highest BCUT2D eigenvalue weighted by Crippen LogP contribution is 2.36. The molecule has 104 valence electrons. The average molecular weight is 269 g/mol. The van der Waals surface area contributed by atoms with Gasteiger partial charge >= 0.3 is 0 Å². The number of hydrogen-bond acceptors (Lipinski definition) is 2. The molecule has 2 unspecified atom stereocenters. The molecule has 4 heteroatoms. The molecule has 2 atom stereocenters. The zero-order valence-electron chi connectivity index (χ0n) is 11.4. The normalized spacial score (nSPS) is 29.1. The van der Waals surface area contributed by atoms with E-state index in [0.717, 1.165) is 42.1 Å². The Kier molecular flexibility index (Phi) is 2.60. The van der Waals surface area contributed by atoms with Gasteiger partial charge in [-0.25, -0.2) is 0 Å². The summed E-state index contributed by atoms with van der Waals surface area (Å²) in [7, 11) is 0. The number of piperidine rings is 1. The van der Waals surface area contributed by atoms with E-state index in [-0.39, 0.29) is 11.9 Å². The van der Waals surface area contributed by atoms with Crippen LogP contribution in [0.3, 0.4) is 0 Å². The molecule has 2 aliphatic rings. The van der Waals surface area contributed by atoms with E-state index in [0.29, 0.717) is 12.1 Å². The van der Waals surface area contributed by atoms with Gasteiger partial charge in [-0.15, -0.1) is 0 Å². The Morgan fingerprint density at radius 3 is 2.70 bits per heavy atom. The molecule has 20 heavy (non-hydrogen) atoms. The second-order valence-electron chi connectivity index (χ2n) is 6.08. The molecule has 1 amide bonds. The predicted molar refractivity (Wildman–Crippen MR) is 78.5 cm³/mol. The summed E-state index contributed by atoms with van der Waals surface area (Å²) in [6, 6.07) is 8.85. The number of para-hydroxylation sites is 1. The summed E-state index contributed by atoms with van der Waals surface area (Å²) in [5, 5.41) is 1.09. The SMILES string of the molecule is NC1CC2CCC(C1)N2C(=O)c1cccc2cc[nH]c12. The average Bonchev–Trinajstić information content (AvgIpc) is 3.01. The van der Waals surface area contributed by atoms with Crippen LogP contribution in [0.5, 0.6) is 0 Å². The lowest BCUT2D eigenvalue weighted by atomic mass is 9.97. The number of hydrogen-bond donors (Lipinski definition) is 2. The van der Waals surface area contributed by atoms with Crippen molar-refractivity contribution >= 4 is 16.8 Å². The molecule has 0 saturated carbocycles. The van der Waals surface area contributed by atoms with E-state index in [1.54, 1.807) is 0 Å². The van der Waals surface area contributed by atoms with Crippen LogP contribution in [0, 0.1) is 0 Å². The highest BCUT2D eigenvalue weighted by atomic mass is 16.2. The Labute approximate surface area is 117 Å². The maximum absolute atomic E-state index is 12.9. The fraction of sp³-hybridized carbons (Fsp3) is 0.438. The first kappa shape index (κ1) is 12.0. The third-order valence-corrected chi connectivity index (χ3v) is 4.82. The van der Waals surface area contributed by atoms with Crippen LogP contribution in [-0.4, -0.2) is 33.9 Å². The maximum Gasteiger partial charge on any atom is 0.256 e. The summed E-state index contributed by atoms with van der Waals surface area (Å²) in [5.74, 6) is 0.164. The molecule has 1 aromatic heterocycles. The van der Waals surface area contributed by atoms with Crippen molar-refractivity contribution in [3.63, 3.8) is 0 Å². The number of nitrogens with one attached hydrogen (secondary N) is 1. The number of aromatic nitrogens is 1. The van der Waals surface area contributed by atoms with Crippen molar-refractivity contribution in [1.29, 1.82) is 0 Å². The lowest BCUT2D eigenvalue weighted by Crippen LogP contribution is -2.50. The lowest BCUT2D eigenvalue weighted by Gasteiger charge is -2.37. The first-order valence-electron chi connectivity index (χ1n) is 7.38. The van der Waals surface area contributed by atoms with Gasteiger partial charge in [0.25, 0.3) is 5.91 Å². The minimum absolute atomic E-state index is 0.164. The molecule has 2 saturated heterocycles. The summed E-state index contributed by atoms with van der Waals surface area (Å²) in [4.78, 5) is 18.2. The van der Waals surface area contributed by atoms with Crippen LogP contribution in [0.25, 0.3) is 10.9 Å². The largest absolute Gasteiger partial charge is 0.361 e. The van der Waals surface area contributed by atoms with Gasteiger partial charge in [0.1, 0.15) is 0 Å². The van der Waals surface area contributed by atoms with E-state index in [9.17, 15) is 4.79 Å². The maximum atomic E-state index is 12.9. The summed E-state index contributed by atoms with van der Waals surface area (Å²) in [6.07, 6.45) is 5.99. The highest BCUT2D eigenvalue weighted by molar-refractivity contribution is 6.06. The molecule has 0 radical (unpaired) electrons. The lowest BCUT2D eigenvalue weighted by molar-refractivity contribution is 0.0577. The van der Waals surface area contributed by atoms with Crippen molar-refractivity contribution in [2.45, 2.75) is 43.8 Å². The van der Waals surface area contributed by atoms with Crippen molar-refractivity contribution in [3.05, 3.63) is 36.0 Å². The van der Waals surface area contributed by atoms with Crippen LogP contribution in [0.1, 0.15) is 36.0 Å². The molecular weight excluding hydrogens is 250 g/mol. The summed E-state index contributed by atoms with van der Waals surface area (Å²) >= 11 is 0. The number of nitrogens with zero attached hydrogens (tertiary/aromatic N) is 1. The van der Waals surface area contributed by atoms with Crippen LogP contribution < -0.4 is 5.73 Å². The molecule has 2 fully saturated rings. The molecule has 4 nitrogen and oxygen atoms in total. The number of carbonyl (C=O) groups is 1. The highest BCUT2D eigenvalue weighted by Gasteiger charge is 2.42. The third-order valence-electron chi connectivity index (χ3n) is 4.82. The van der Waals surface area contributed by atoms with E-state index >= 15 is 0 Å². The number of amides is 1. The van der Waals surface area contributed by atoms with Gasteiger partial charge in [0.2, 0.25) is 0 Å². The molecule has 3 N–H and O–H groups in total. The molecule has 0 aliphatic carbocycles. The minimum atomic E-state index is 0.164. The summed E-state index contributed by atoms with van der Waals surface area (Å²) in [6.45, 7) is 0. The van der Waals surface area contributed by atoms with Gasteiger partial charge in [0.05, 0.1) is 11.1 Å². The molecule has 2 bridgehead atoms. The molecule has 4 rings (SSSR count). The van der Waals surface area contributed by atoms with E-state index in [4.69, 9.17) is 5.73 Å². The van der Waals surface area contributed by atoms with Crippen molar-refractivity contribution in [2.24, 2.45) is 5.73 Å². The Balaban J connectivity index is 1.73. The number of benzene rings is 1. The Hall–Kier alpha value is -1.81. The van der Waals surface area contributed by atoms with Gasteiger partial charge in [-0.1, -0.05) is 12.1 Å². The smallest absolute Gasteiger partial charge is 0.256 e. The standard InChI is InChI=1S/C16H19N3O/c17-11-8-12-4-5-13(9-11)19(12)16(20)14-3-1-2-10-6-7-18-15(10)14/h1-3,6-7,11-13,18H,4-5,8-9,17H2. The first-order chi connectivity index (χ1) is 9.74. The zero-order valence-corrected chi connectivity index (χ0v) is 11.4. The van der Waals surface area contributed by atoms with Crippen molar-refractivity contribution in [1.82, 2.24) is 9.88 Å². The van der Waals surface area contributed by atoms with Crippen LogP contribution in [0.15, 0.2) is 30.5 Å². The molecule has 1 aromatic carbocycles. The van der Waals surface area contributed by atoms with Gasteiger partial charge in [-0.05, 0) is 37.8 Å². The van der Waals surface area contributed by atoms with E-state index in [2.05, 4.69) is 9.88 Å². The molecule has 2 aliphatic heterocycles. The molecule has 3 heterocycles. The van der Waals surface area contributed by atoms with Crippen LogP contribution in [0.4, 0.5) is 0 Å². The second kappa shape index (κ2) is 4.35. The number of H-pyrrole nitrogens is 1. The van der Waals surface area contributed by atoms with Crippen molar-refractivity contribution in [2.75, 3.05) is 0 Å². The Morgan fingerprint density at radius 1 is 1.20 bits per heavy atom. The Morgan fingerprint density at radius 2 is 1.95 bits per heavy atom. The summed E-state index contributed by atoms with van der Waals surface area (Å²) < 4.78 is 0. The van der Waals surface area contributed by atoms with E-state index < -0.39 is 0 Å². The van der Waals surface area contributed by atoms with Gasteiger partial charge in [-0.2, -0.15) is 0 Å². The van der Waals surface area contributed by atoms with Crippen LogP contribution >= 0.6 is 0 Å². The number of rotatable bonds is 1.